The minimum absolute atomic E-state index is 0.557. The van der Waals surface area contributed by atoms with Crippen LogP contribution in [0.1, 0.15) is 24.3 Å². The fourth-order valence-electron chi connectivity index (χ4n) is 2.79. The lowest BCUT2D eigenvalue weighted by Gasteiger charge is -2.30. The minimum atomic E-state index is 0.557. The Labute approximate surface area is 113 Å². The number of ether oxygens (including phenoxy) is 2. The first-order valence-corrected chi connectivity index (χ1v) is 7.00. The van der Waals surface area contributed by atoms with Gasteiger partial charge in [-0.15, -0.1) is 0 Å². The molecule has 0 aromatic carbocycles. The van der Waals surface area contributed by atoms with Crippen molar-refractivity contribution in [2.24, 2.45) is 0 Å². The van der Waals surface area contributed by atoms with Gasteiger partial charge in [0.2, 0.25) is 0 Å². The van der Waals surface area contributed by atoms with Crippen LogP contribution < -0.4 is 10.6 Å². The monoisotopic (exact) mass is 263 g/mol. The van der Waals surface area contributed by atoms with Crippen LogP contribution in [-0.2, 0) is 9.47 Å². The van der Waals surface area contributed by atoms with Crippen LogP contribution in [0.25, 0.3) is 0 Å². The molecule has 0 saturated carbocycles. The molecule has 0 amide bonds. The molecule has 1 aromatic rings. The first-order valence-electron chi connectivity index (χ1n) is 7.00. The molecular formula is C14H21N3O2. The van der Waals surface area contributed by atoms with Crippen molar-refractivity contribution in [2.75, 3.05) is 50.2 Å². The van der Waals surface area contributed by atoms with Crippen molar-refractivity contribution in [1.29, 1.82) is 0 Å². The second kappa shape index (κ2) is 5.75. The van der Waals surface area contributed by atoms with Crippen molar-refractivity contribution in [3.05, 3.63) is 17.8 Å². The summed E-state index contributed by atoms with van der Waals surface area (Å²) in [4.78, 5) is 6.66. The standard InChI is InChI=1S/C14H21N3O2/c15-14-13(17-3-7-19-8-4-17)9-12(10-16-14)11-1-5-18-6-2-11/h9-11H,1-8H2,(H2,15,16). The third-order valence-corrected chi connectivity index (χ3v) is 3.96. The number of hydrogen-bond donors (Lipinski definition) is 1. The zero-order valence-corrected chi connectivity index (χ0v) is 11.2. The van der Waals surface area contributed by atoms with Gasteiger partial charge in [0.15, 0.2) is 0 Å². The molecule has 2 fully saturated rings. The van der Waals surface area contributed by atoms with E-state index in [2.05, 4.69) is 16.0 Å². The summed E-state index contributed by atoms with van der Waals surface area (Å²) in [6.45, 7) is 5.01. The van der Waals surface area contributed by atoms with E-state index in [0.717, 1.165) is 58.0 Å². The number of aromatic nitrogens is 1. The average Bonchev–Trinajstić information content (AvgIpc) is 2.49. The summed E-state index contributed by atoms with van der Waals surface area (Å²) in [5, 5.41) is 0. The highest BCUT2D eigenvalue weighted by Crippen LogP contribution is 2.31. The molecule has 1 aromatic heterocycles. The van der Waals surface area contributed by atoms with E-state index in [1.54, 1.807) is 0 Å². The van der Waals surface area contributed by atoms with Gasteiger partial charge in [0.25, 0.3) is 0 Å². The zero-order chi connectivity index (χ0) is 13.1. The lowest BCUT2D eigenvalue weighted by atomic mass is 9.92. The van der Waals surface area contributed by atoms with Crippen LogP contribution in [0.2, 0.25) is 0 Å². The van der Waals surface area contributed by atoms with Crippen LogP contribution in [0.4, 0.5) is 11.5 Å². The molecule has 0 spiro atoms. The normalized spacial score (nSPS) is 21.6. The molecule has 0 radical (unpaired) electrons. The largest absolute Gasteiger partial charge is 0.382 e. The molecule has 0 aliphatic carbocycles. The topological polar surface area (TPSA) is 60.6 Å². The summed E-state index contributed by atoms with van der Waals surface area (Å²) >= 11 is 0. The molecule has 3 heterocycles. The van der Waals surface area contributed by atoms with Crippen LogP contribution in [0.5, 0.6) is 0 Å². The van der Waals surface area contributed by atoms with E-state index in [-0.39, 0.29) is 0 Å². The molecule has 0 atom stereocenters. The van der Waals surface area contributed by atoms with Crippen molar-refractivity contribution >= 4 is 11.5 Å². The predicted octanol–water partition coefficient (Wildman–Crippen LogP) is 1.39. The molecule has 2 N–H and O–H groups in total. The van der Waals surface area contributed by atoms with Gasteiger partial charge in [0, 0.05) is 32.5 Å². The fourth-order valence-corrected chi connectivity index (χ4v) is 2.79. The van der Waals surface area contributed by atoms with E-state index < -0.39 is 0 Å². The Bertz CT molecular complexity index is 427. The number of hydrogen-bond acceptors (Lipinski definition) is 5. The molecule has 5 nitrogen and oxygen atoms in total. The van der Waals surface area contributed by atoms with E-state index in [1.165, 1.54) is 5.56 Å². The van der Waals surface area contributed by atoms with Crippen molar-refractivity contribution in [2.45, 2.75) is 18.8 Å². The van der Waals surface area contributed by atoms with Gasteiger partial charge in [-0.3, -0.25) is 0 Å². The predicted molar refractivity (Wildman–Crippen MR) is 74.5 cm³/mol. The van der Waals surface area contributed by atoms with Crippen LogP contribution >= 0.6 is 0 Å². The van der Waals surface area contributed by atoms with E-state index in [4.69, 9.17) is 15.2 Å². The molecule has 2 aliphatic heterocycles. The number of nitrogen functional groups attached to an aromatic ring is 1. The molecule has 19 heavy (non-hydrogen) atoms. The maximum Gasteiger partial charge on any atom is 0.146 e. The highest BCUT2D eigenvalue weighted by molar-refractivity contribution is 5.64. The van der Waals surface area contributed by atoms with E-state index in [1.807, 2.05) is 6.20 Å². The van der Waals surface area contributed by atoms with Crippen LogP contribution in [0.15, 0.2) is 12.3 Å². The summed E-state index contributed by atoms with van der Waals surface area (Å²) in [7, 11) is 0. The molecule has 5 heteroatoms. The maximum absolute atomic E-state index is 6.03. The van der Waals surface area contributed by atoms with Crippen LogP contribution in [0, 0.1) is 0 Å². The third-order valence-electron chi connectivity index (χ3n) is 3.96. The van der Waals surface area contributed by atoms with Gasteiger partial charge in [-0.25, -0.2) is 4.98 Å². The number of rotatable bonds is 2. The fraction of sp³-hybridized carbons (Fsp3) is 0.643. The van der Waals surface area contributed by atoms with Crippen LogP contribution in [0.3, 0.4) is 0 Å². The van der Waals surface area contributed by atoms with E-state index in [9.17, 15) is 0 Å². The highest BCUT2D eigenvalue weighted by Gasteiger charge is 2.20. The number of morpholine rings is 1. The molecule has 2 saturated heterocycles. The molecule has 104 valence electrons. The lowest BCUT2D eigenvalue weighted by molar-refractivity contribution is 0.0853. The van der Waals surface area contributed by atoms with Gasteiger partial charge in [-0.05, 0) is 30.4 Å². The number of pyridine rings is 1. The first-order chi connectivity index (χ1) is 9.34. The van der Waals surface area contributed by atoms with Gasteiger partial charge >= 0.3 is 0 Å². The minimum Gasteiger partial charge on any atom is -0.382 e. The van der Waals surface area contributed by atoms with Crippen molar-refractivity contribution in [3.8, 4) is 0 Å². The Morgan fingerprint density at radius 1 is 1.11 bits per heavy atom. The van der Waals surface area contributed by atoms with Crippen molar-refractivity contribution < 1.29 is 9.47 Å². The number of anilines is 2. The van der Waals surface area contributed by atoms with Crippen molar-refractivity contribution in [3.63, 3.8) is 0 Å². The van der Waals surface area contributed by atoms with Crippen molar-refractivity contribution in [1.82, 2.24) is 4.98 Å². The Morgan fingerprint density at radius 3 is 2.53 bits per heavy atom. The van der Waals surface area contributed by atoms with Crippen LogP contribution in [-0.4, -0.2) is 44.5 Å². The van der Waals surface area contributed by atoms with E-state index in [0.29, 0.717) is 11.7 Å². The van der Waals surface area contributed by atoms with Gasteiger partial charge in [0.1, 0.15) is 5.82 Å². The lowest BCUT2D eigenvalue weighted by Crippen LogP contribution is -2.36. The smallest absolute Gasteiger partial charge is 0.146 e. The average molecular weight is 263 g/mol. The van der Waals surface area contributed by atoms with E-state index >= 15 is 0 Å². The van der Waals surface area contributed by atoms with Gasteiger partial charge < -0.3 is 20.1 Å². The first kappa shape index (κ1) is 12.7. The number of nitrogens with two attached hydrogens (primary N) is 1. The Hall–Kier alpha value is -1.33. The summed E-state index contributed by atoms with van der Waals surface area (Å²) in [5.74, 6) is 1.18. The Balaban J connectivity index is 1.82. The molecule has 2 aliphatic rings. The number of nitrogens with zero attached hydrogens (tertiary/aromatic N) is 2. The molecular weight excluding hydrogens is 242 g/mol. The maximum atomic E-state index is 6.03. The van der Waals surface area contributed by atoms with Gasteiger partial charge in [0.05, 0.1) is 18.9 Å². The Morgan fingerprint density at radius 2 is 1.79 bits per heavy atom. The van der Waals surface area contributed by atoms with Gasteiger partial charge in [-0.2, -0.15) is 0 Å². The summed E-state index contributed by atoms with van der Waals surface area (Å²) in [5.41, 5.74) is 8.38. The molecule has 0 unspecified atom stereocenters. The quantitative estimate of drug-likeness (QED) is 0.874. The zero-order valence-electron chi connectivity index (χ0n) is 11.2. The second-order valence-electron chi connectivity index (χ2n) is 5.16. The third kappa shape index (κ3) is 2.82. The summed E-state index contributed by atoms with van der Waals surface area (Å²) < 4.78 is 10.8. The SMILES string of the molecule is Nc1ncc(C2CCOCC2)cc1N1CCOCC1. The molecule has 3 rings (SSSR count). The second-order valence-corrected chi connectivity index (χ2v) is 5.16. The summed E-state index contributed by atoms with van der Waals surface area (Å²) in [6.07, 6.45) is 4.08. The van der Waals surface area contributed by atoms with Gasteiger partial charge in [-0.1, -0.05) is 0 Å². The summed E-state index contributed by atoms with van der Waals surface area (Å²) in [6, 6.07) is 2.21. The highest BCUT2D eigenvalue weighted by atomic mass is 16.5. The molecule has 0 bridgehead atoms. The Kier molecular flexibility index (Phi) is 3.84.